The highest BCUT2D eigenvalue weighted by Crippen LogP contribution is 2.31. The van der Waals surface area contributed by atoms with E-state index in [0.717, 1.165) is 16.5 Å². The van der Waals surface area contributed by atoms with Crippen LogP contribution in [0.25, 0.3) is 0 Å². The van der Waals surface area contributed by atoms with Crippen molar-refractivity contribution in [3.05, 3.63) is 35.4 Å². The van der Waals surface area contributed by atoms with Crippen LogP contribution in [-0.2, 0) is 5.75 Å². The highest BCUT2D eigenvalue weighted by molar-refractivity contribution is 7.98. The highest BCUT2D eigenvalue weighted by atomic mass is 32.2. The predicted octanol–water partition coefficient (Wildman–Crippen LogP) is 3.17. The molecule has 0 N–H and O–H groups in total. The van der Waals surface area contributed by atoms with Crippen LogP contribution in [0.4, 0.5) is 0 Å². The fraction of sp³-hybridized carbons (Fsp3) is 0.529. The van der Waals surface area contributed by atoms with Gasteiger partial charge >= 0.3 is 0 Å². The summed E-state index contributed by atoms with van der Waals surface area (Å²) in [5, 5.41) is 13.1. The second kappa shape index (κ2) is 7.79. The molecule has 0 bridgehead atoms. The summed E-state index contributed by atoms with van der Waals surface area (Å²) in [6, 6.07) is 8.19. The Bertz CT molecular complexity index is 677. The maximum absolute atomic E-state index is 11.9. The molecule has 0 saturated heterocycles. The van der Waals surface area contributed by atoms with E-state index in [4.69, 9.17) is 0 Å². The second-order valence-corrected chi connectivity index (χ2v) is 7.33. The molecule has 6 nitrogen and oxygen atoms in total. The SMILES string of the molecule is CN(C)C(=O)c1ccc(CSc2nnnn2C2CCCCC2)cc1. The van der Waals surface area contributed by atoms with Crippen molar-refractivity contribution in [1.82, 2.24) is 25.1 Å². The number of hydrogen-bond donors (Lipinski definition) is 0. The van der Waals surface area contributed by atoms with Gasteiger partial charge in [0.25, 0.3) is 5.91 Å². The lowest BCUT2D eigenvalue weighted by molar-refractivity contribution is 0.0827. The van der Waals surface area contributed by atoms with Gasteiger partial charge in [-0.15, -0.1) is 5.10 Å². The molecule has 2 aromatic rings. The molecule has 0 spiro atoms. The van der Waals surface area contributed by atoms with E-state index in [2.05, 4.69) is 15.5 Å². The van der Waals surface area contributed by atoms with Gasteiger partial charge in [0.1, 0.15) is 0 Å². The van der Waals surface area contributed by atoms with Crippen LogP contribution in [-0.4, -0.2) is 45.1 Å². The van der Waals surface area contributed by atoms with E-state index < -0.39 is 0 Å². The van der Waals surface area contributed by atoms with E-state index >= 15 is 0 Å². The zero-order valence-corrected chi connectivity index (χ0v) is 15.0. The number of rotatable bonds is 5. The third-order valence-electron chi connectivity index (χ3n) is 4.36. The molecule has 1 amide bonds. The summed E-state index contributed by atoms with van der Waals surface area (Å²) in [7, 11) is 3.52. The minimum absolute atomic E-state index is 0.0236. The molecule has 1 fully saturated rings. The van der Waals surface area contributed by atoms with Crippen LogP contribution in [0.15, 0.2) is 29.4 Å². The first-order chi connectivity index (χ1) is 11.6. The Morgan fingerprint density at radius 3 is 2.58 bits per heavy atom. The number of benzene rings is 1. The predicted molar refractivity (Wildman–Crippen MR) is 94.0 cm³/mol. The molecule has 7 heteroatoms. The first kappa shape index (κ1) is 17.0. The summed E-state index contributed by atoms with van der Waals surface area (Å²) in [6.45, 7) is 0. The number of carbonyl (C=O) groups is 1. The molecular weight excluding hydrogens is 322 g/mol. The summed E-state index contributed by atoms with van der Waals surface area (Å²) in [5.74, 6) is 0.819. The van der Waals surface area contributed by atoms with Crippen molar-refractivity contribution < 1.29 is 4.79 Å². The lowest BCUT2D eigenvalue weighted by atomic mass is 9.96. The highest BCUT2D eigenvalue weighted by Gasteiger charge is 2.20. The summed E-state index contributed by atoms with van der Waals surface area (Å²) >= 11 is 1.65. The van der Waals surface area contributed by atoms with Crippen molar-refractivity contribution >= 4 is 17.7 Å². The van der Waals surface area contributed by atoms with Gasteiger partial charge in [-0.2, -0.15) is 0 Å². The number of nitrogens with zero attached hydrogens (tertiary/aromatic N) is 5. The Labute approximate surface area is 146 Å². The third kappa shape index (κ3) is 3.95. The zero-order valence-electron chi connectivity index (χ0n) is 14.2. The minimum atomic E-state index is 0.0236. The molecule has 0 aliphatic heterocycles. The fourth-order valence-electron chi connectivity index (χ4n) is 2.98. The van der Waals surface area contributed by atoms with Crippen LogP contribution >= 0.6 is 11.8 Å². The van der Waals surface area contributed by atoms with Crippen LogP contribution < -0.4 is 0 Å². The van der Waals surface area contributed by atoms with Gasteiger partial charge < -0.3 is 4.90 Å². The number of thioether (sulfide) groups is 1. The van der Waals surface area contributed by atoms with E-state index in [0.29, 0.717) is 11.6 Å². The molecule has 1 aliphatic rings. The second-order valence-electron chi connectivity index (χ2n) is 6.38. The van der Waals surface area contributed by atoms with Gasteiger partial charge in [-0.3, -0.25) is 4.79 Å². The number of carbonyl (C=O) groups excluding carboxylic acids is 1. The van der Waals surface area contributed by atoms with Gasteiger partial charge in [0.15, 0.2) is 0 Å². The average molecular weight is 345 g/mol. The molecule has 24 heavy (non-hydrogen) atoms. The molecule has 0 radical (unpaired) electrons. The van der Waals surface area contributed by atoms with Crippen LogP contribution in [0.3, 0.4) is 0 Å². The molecular formula is C17H23N5OS. The third-order valence-corrected chi connectivity index (χ3v) is 5.36. The number of amides is 1. The monoisotopic (exact) mass is 345 g/mol. The number of aromatic nitrogens is 4. The van der Waals surface area contributed by atoms with E-state index in [1.807, 2.05) is 28.9 Å². The summed E-state index contributed by atoms with van der Waals surface area (Å²) in [4.78, 5) is 13.5. The molecule has 0 unspecified atom stereocenters. The van der Waals surface area contributed by atoms with Crippen LogP contribution in [0.5, 0.6) is 0 Å². The van der Waals surface area contributed by atoms with Gasteiger partial charge in [0.2, 0.25) is 5.16 Å². The largest absolute Gasteiger partial charge is 0.345 e. The van der Waals surface area contributed by atoms with Crippen molar-refractivity contribution in [3.8, 4) is 0 Å². The lowest BCUT2D eigenvalue weighted by Crippen LogP contribution is -2.21. The van der Waals surface area contributed by atoms with Crippen LogP contribution in [0.1, 0.15) is 54.1 Å². The molecule has 0 atom stereocenters. The first-order valence-electron chi connectivity index (χ1n) is 8.36. The first-order valence-corrected chi connectivity index (χ1v) is 9.35. The fourth-order valence-corrected chi connectivity index (χ4v) is 3.89. The van der Waals surface area contributed by atoms with Crippen LogP contribution in [0, 0.1) is 0 Å². The van der Waals surface area contributed by atoms with Crippen molar-refractivity contribution in [2.75, 3.05) is 14.1 Å². The maximum atomic E-state index is 11.9. The van der Waals surface area contributed by atoms with Gasteiger partial charge in [0, 0.05) is 25.4 Å². The molecule has 1 aliphatic carbocycles. The molecule has 128 valence electrons. The van der Waals surface area contributed by atoms with Crippen molar-refractivity contribution in [3.63, 3.8) is 0 Å². The van der Waals surface area contributed by atoms with E-state index in [9.17, 15) is 4.79 Å². The Balaban J connectivity index is 1.62. The Morgan fingerprint density at radius 2 is 1.92 bits per heavy atom. The standard InChI is InChI=1S/C17H23N5OS/c1-21(2)16(23)14-10-8-13(9-11-14)12-24-17-18-19-20-22(17)15-6-4-3-5-7-15/h8-11,15H,3-7,12H2,1-2H3. The number of tetrazole rings is 1. The summed E-state index contributed by atoms with van der Waals surface area (Å²) < 4.78 is 1.99. The maximum Gasteiger partial charge on any atom is 0.253 e. The Morgan fingerprint density at radius 1 is 1.21 bits per heavy atom. The van der Waals surface area contributed by atoms with Gasteiger partial charge in [-0.25, -0.2) is 4.68 Å². The van der Waals surface area contributed by atoms with Crippen molar-refractivity contribution in [1.29, 1.82) is 0 Å². The summed E-state index contributed by atoms with van der Waals surface area (Å²) in [5.41, 5.74) is 1.87. The average Bonchev–Trinajstić information content (AvgIpc) is 3.09. The number of hydrogen-bond acceptors (Lipinski definition) is 5. The van der Waals surface area contributed by atoms with Crippen LogP contribution in [0.2, 0.25) is 0 Å². The minimum Gasteiger partial charge on any atom is -0.345 e. The van der Waals surface area contributed by atoms with Gasteiger partial charge in [-0.1, -0.05) is 43.2 Å². The molecule has 1 heterocycles. The zero-order chi connectivity index (χ0) is 16.9. The molecule has 1 aromatic carbocycles. The quantitative estimate of drug-likeness (QED) is 0.779. The van der Waals surface area contributed by atoms with E-state index in [-0.39, 0.29) is 5.91 Å². The van der Waals surface area contributed by atoms with Crippen molar-refractivity contribution in [2.24, 2.45) is 0 Å². The Hall–Kier alpha value is -1.89. The van der Waals surface area contributed by atoms with Gasteiger partial charge in [0.05, 0.1) is 6.04 Å². The summed E-state index contributed by atoms with van der Waals surface area (Å²) in [6.07, 6.45) is 6.17. The molecule has 1 aromatic heterocycles. The van der Waals surface area contributed by atoms with Crippen molar-refractivity contribution in [2.45, 2.75) is 49.1 Å². The van der Waals surface area contributed by atoms with E-state index in [1.54, 1.807) is 30.8 Å². The smallest absolute Gasteiger partial charge is 0.253 e. The lowest BCUT2D eigenvalue weighted by Gasteiger charge is -2.21. The van der Waals surface area contributed by atoms with Gasteiger partial charge in [-0.05, 0) is 41.0 Å². The molecule has 3 rings (SSSR count). The van der Waals surface area contributed by atoms with E-state index in [1.165, 1.54) is 32.1 Å². The normalized spacial score (nSPS) is 15.4. The Kier molecular flexibility index (Phi) is 5.50. The topological polar surface area (TPSA) is 63.9 Å². The molecule has 1 saturated carbocycles.